The summed E-state index contributed by atoms with van der Waals surface area (Å²) in [5, 5.41) is 13.4. The van der Waals surface area contributed by atoms with Gasteiger partial charge in [0.15, 0.2) is 0 Å². The Kier molecular flexibility index (Phi) is 3.87. The molecule has 3 N–H and O–H groups in total. The van der Waals surface area contributed by atoms with Crippen molar-refractivity contribution in [3.63, 3.8) is 0 Å². The second-order valence-electron chi connectivity index (χ2n) is 4.39. The molecular weight excluding hydrogens is 228 g/mol. The smallest absolute Gasteiger partial charge is 0.219 e. The van der Waals surface area contributed by atoms with Crippen molar-refractivity contribution in [2.75, 3.05) is 6.54 Å². The molecule has 0 aliphatic carbocycles. The minimum atomic E-state index is 0.0974. The van der Waals surface area contributed by atoms with E-state index in [9.17, 15) is 9.90 Å². The van der Waals surface area contributed by atoms with E-state index in [1.807, 2.05) is 19.2 Å². The molecule has 18 heavy (non-hydrogen) atoms. The summed E-state index contributed by atoms with van der Waals surface area (Å²) in [5.41, 5.74) is 2.11. The van der Waals surface area contributed by atoms with Gasteiger partial charge >= 0.3 is 0 Å². The van der Waals surface area contributed by atoms with E-state index in [4.69, 9.17) is 0 Å². The van der Waals surface area contributed by atoms with Gasteiger partial charge in [-0.1, -0.05) is 6.92 Å². The molecule has 0 bridgehead atoms. The van der Waals surface area contributed by atoms with Crippen molar-refractivity contribution in [1.29, 1.82) is 0 Å². The molecule has 1 aromatic carbocycles. The average molecular weight is 246 g/mol. The van der Waals surface area contributed by atoms with Gasteiger partial charge in [-0.3, -0.25) is 4.79 Å². The molecule has 0 unspecified atom stereocenters. The number of amides is 1. The Morgan fingerprint density at radius 3 is 3.06 bits per heavy atom. The molecule has 0 atom stereocenters. The Morgan fingerprint density at radius 2 is 2.28 bits per heavy atom. The van der Waals surface area contributed by atoms with Crippen LogP contribution in [0.3, 0.4) is 0 Å². The minimum Gasteiger partial charge on any atom is -0.508 e. The number of rotatable bonds is 5. The molecule has 0 saturated heterocycles. The summed E-state index contributed by atoms with van der Waals surface area (Å²) in [6.07, 6.45) is 4.14. The standard InChI is InChI=1S/C14H18N2O2/c1-2-3-14(18)15-7-6-10-9-16-13-5-4-11(17)8-12(10)13/h4-5,8-9,16-17H,2-3,6-7H2,1H3,(H,15,18). The predicted molar refractivity (Wildman–Crippen MR) is 71.6 cm³/mol. The molecule has 1 amide bonds. The lowest BCUT2D eigenvalue weighted by atomic mass is 10.1. The molecule has 2 aromatic rings. The summed E-state index contributed by atoms with van der Waals surface area (Å²) in [5.74, 6) is 0.360. The second kappa shape index (κ2) is 5.58. The lowest BCUT2D eigenvalue weighted by molar-refractivity contribution is -0.121. The SMILES string of the molecule is CCCC(=O)NCCc1c[nH]c2ccc(O)cc12. The average Bonchev–Trinajstić information content (AvgIpc) is 2.72. The number of aromatic nitrogens is 1. The maximum absolute atomic E-state index is 11.3. The van der Waals surface area contributed by atoms with E-state index in [-0.39, 0.29) is 11.7 Å². The fourth-order valence-electron chi connectivity index (χ4n) is 2.03. The molecular formula is C14H18N2O2. The van der Waals surface area contributed by atoms with Crippen molar-refractivity contribution in [2.45, 2.75) is 26.2 Å². The quantitative estimate of drug-likeness (QED) is 0.758. The highest BCUT2D eigenvalue weighted by Crippen LogP contribution is 2.22. The first kappa shape index (κ1) is 12.5. The van der Waals surface area contributed by atoms with Crippen LogP contribution in [0.25, 0.3) is 10.9 Å². The zero-order chi connectivity index (χ0) is 13.0. The highest BCUT2D eigenvalue weighted by Gasteiger charge is 2.05. The highest BCUT2D eigenvalue weighted by atomic mass is 16.3. The Labute approximate surface area is 106 Å². The molecule has 0 spiro atoms. The molecule has 1 aromatic heterocycles. The number of nitrogens with one attached hydrogen (secondary N) is 2. The van der Waals surface area contributed by atoms with Gasteiger partial charge in [-0.05, 0) is 36.6 Å². The van der Waals surface area contributed by atoms with Crippen molar-refractivity contribution < 1.29 is 9.90 Å². The van der Waals surface area contributed by atoms with Gasteiger partial charge in [-0.15, -0.1) is 0 Å². The van der Waals surface area contributed by atoms with Crippen LogP contribution in [0.15, 0.2) is 24.4 Å². The van der Waals surface area contributed by atoms with Crippen LogP contribution in [-0.2, 0) is 11.2 Å². The molecule has 1 heterocycles. The maximum atomic E-state index is 11.3. The number of aromatic hydroxyl groups is 1. The largest absolute Gasteiger partial charge is 0.508 e. The summed E-state index contributed by atoms with van der Waals surface area (Å²) < 4.78 is 0. The number of fused-ring (bicyclic) bond motifs is 1. The fourth-order valence-corrected chi connectivity index (χ4v) is 2.03. The molecule has 0 aliphatic heterocycles. The number of aromatic amines is 1. The van der Waals surface area contributed by atoms with Crippen LogP contribution in [0, 0.1) is 0 Å². The zero-order valence-corrected chi connectivity index (χ0v) is 10.5. The van der Waals surface area contributed by atoms with E-state index in [0.717, 1.165) is 29.3 Å². The van der Waals surface area contributed by atoms with Crippen molar-refractivity contribution in [3.05, 3.63) is 30.0 Å². The molecule has 0 saturated carbocycles. The number of phenolic OH excluding ortho intramolecular Hbond substituents is 1. The number of hydrogen-bond acceptors (Lipinski definition) is 2. The number of carbonyl (C=O) groups is 1. The van der Waals surface area contributed by atoms with Crippen LogP contribution in [0.4, 0.5) is 0 Å². The number of phenols is 1. The van der Waals surface area contributed by atoms with Gasteiger partial charge in [0, 0.05) is 30.1 Å². The van der Waals surface area contributed by atoms with Crippen LogP contribution in [0.5, 0.6) is 5.75 Å². The van der Waals surface area contributed by atoms with Crippen LogP contribution in [0.2, 0.25) is 0 Å². The van der Waals surface area contributed by atoms with Crippen molar-refractivity contribution in [2.24, 2.45) is 0 Å². The minimum absolute atomic E-state index is 0.0974. The summed E-state index contributed by atoms with van der Waals surface area (Å²) in [6.45, 7) is 2.61. The number of H-pyrrole nitrogens is 1. The normalized spacial score (nSPS) is 10.7. The van der Waals surface area contributed by atoms with Crippen LogP contribution >= 0.6 is 0 Å². The van der Waals surface area contributed by atoms with Crippen LogP contribution in [0.1, 0.15) is 25.3 Å². The molecule has 0 aliphatic rings. The number of carbonyl (C=O) groups excluding carboxylic acids is 1. The van der Waals surface area contributed by atoms with Crippen molar-refractivity contribution in [3.8, 4) is 5.75 Å². The lowest BCUT2D eigenvalue weighted by Gasteiger charge is -2.03. The highest BCUT2D eigenvalue weighted by molar-refractivity contribution is 5.84. The third-order valence-electron chi connectivity index (χ3n) is 2.94. The second-order valence-corrected chi connectivity index (χ2v) is 4.39. The van der Waals surface area contributed by atoms with Gasteiger partial charge in [0.05, 0.1) is 0 Å². The zero-order valence-electron chi connectivity index (χ0n) is 10.5. The molecule has 0 radical (unpaired) electrons. The monoisotopic (exact) mass is 246 g/mol. The first-order valence-electron chi connectivity index (χ1n) is 6.26. The van der Waals surface area contributed by atoms with Gasteiger partial charge in [-0.2, -0.15) is 0 Å². The molecule has 96 valence electrons. The maximum Gasteiger partial charge on any atom is 0.219 e. The Bertz CT molecular complexity index is 546. The molecule has 0 fully saturated rings. The molecule has 4 nitrogen and oxygen atoms in total. The van der Waals surface area contributed by atoms with Gasteiger partial charge < -0.3 is 15.4 Å². The van der Waals surface area contributed by atoms with E-state index in [0.29, 0.717) is 13.0 Å². The summed E-state index contributed by atoms with van der Waals surface area (Å²) in [4.78, 5) is 14.5. The topological polar surface area (TPSA) is 65.1 Å². The van der Waals surface area contributed by atoms with E-state index >= 15 is 0 Å². The van der Waals surface area contributed by atoms with Crippen LogP contribution < -0.4 is 5.32 Å². The number of benzene rings is 1. The van der Waals surface area contributed by atoms with Gasteiger partial charge in [0.25, 0.3) is 0 Å². The van der Waals surface area contributed by atoms with Gasteiger partial charge in [-0.25, -0.2) is 0 Å². The third kappa shape index (κ3) is 2.83. The Morgan fingerprint density at radius 1 is 1.44 bits per heavy atom. The van der Waals surface area contributed by atoms with Crippen LogP contribution in [-0.4, -0.2) is 22.5 Å². The van der Waals surface area contributed by atoms with E-state index in [1.165, 1.54) is 0 Å². The summed E-state index contributed by atoms with van der Waals surface area (Å²) >= 11 is 0. The summed E-state index contributed by atoms with van der Waals surface area (Å²) in [6, 6.07) is 5.25. The van der Waals surface area contributed by atoms with Gasteiger partial charge in [0.1, 0.15) is 5.75 Å². The molecule has 2 rings (SSSR count). The predicted octanol–water partition coefficient (Wildman–Crippen LogP) is 2.33. The fraction of sp³-hybridized carbons (Fsp3) is 0.357. The van der Waals surface area contributed by atoms with E-state index in [1.54, 1.807) is 12.1 Å². The third-order valence-corrected chi connectivity index (χ3v) is 2.94. The number of hydrogen-bond donors (Lipinski definition) is 3. The van der Waals surface area contributed by atoms with Crippen molar-refractivity contribution in [1.82, 2.24) is 10.3 Å². The Balaban J connectivity index is 1.99. The van der Waals surface area contributed by atoms with Gasteiger partial charge in [0.2, 0.25) is 5.91 Å². The lowest BCUT2D eigenvalue weighted by Crippen LogP contribution is -2.25. The molecule has 4 heteroatoms. The first-order valence-corrected chi connectivity index (χ1v) is 6.26. The summed E-state index contributed by atoms with van der Waals surface area (Å²) in [7, 11) is 0. The first-order chi connectivity index (χ1) is 8.70. The van der Waals surface area contributed by atoms with Crippen molar-refractivity contribution >= 4 is 16.8 Å². The van der Waals surface area contributed by atoms with E-state index < -0.39 is 0 Å². The van der Waals surface area contributed by atoms with E-state index in [2.05, 4.69) is 10.3 Å². The Hall–Kier alpha value is -1.97.